The van der Waals surface area contributed by atoms with E-state index in [1.807, 2.05) is 6.92 Å². The van der Waals surface area contributed by atoms with Gasteiger partial charge in [0.15, 0.2) is 6.10 Å². The molecule has 2 aromatic carbocycles. The van der Waals surface area contributed by atoms with Gasteiger partial charge in [-0.25, -0.2) is 0 Å². The Balaban J connectivity index is 2.01. The Morgan fingerprint density at radius 3 is 2.26 bits per heavy atom. The van der Waals surface area contributed by atoms with Crippen LogP contribution in [0.5, 0.6) is 5.75 Å². The number of nitrogens with one attached hydrogen (secondary N) is 1. The van der Waals surface area contributed by atoms with Crippen molar-refractivity contribution in [1.29, 1.82) is 0 Å². The Hall–Kier alpha value is -2.53. The molecule has 0 bridgehead atoms. The van der Waals surface area contributed by atoms with E-state index in [9.17, 15) is 9.59 Å². The molecule has 0 spiro atoms. The third kappa shape index (κ3) is 4.72. The lowest BCUT2D eigenvalue weighted by molar-refractivity contribution is -0.122. The first-order chi connectivity index (χ1) is 11.0. The molecule has 2 aromatic rings. The molecule has 0 aliphatic carbocycles. The minimum Gasteiger partial charge on any atom is -0.481 e. The van der Waals surface area contributed by atoms with Crippen LogP contribution in [0.2, 0.25) is 5.02 Å². The Bertz CT molecular complexity index is 684. The summed E-state index contributed by atoms with van der Waals surface area (Å²) in [6.07, 6.45) is -0.125. The molecule has 6 heteroatoms. The Labute approximate surface area is 139 Å². The average Bonchev–Trinajstić information content (AvgIpc) is 2.54. The monoisotopic (exact) mass is 332 g/mol. The van der Waals surface area contributed by atoms with E-state index in [1.54, 1.807) is 48.5 Å². The van der Waals surface area contributed by atoms with E-state index in [1.165, 1.54) is 0 Å². The molecule has 0 unspecified atom stereocenters. The third-order valence-electron chi connectivity index (χ3n) is 3.19. The van der Waals surface area contributed by atoms with Crippen LogP contribution in [0.4, 0.5) is 5.69 Å². The molecule has 2 amide bonds. The smallest absolute Gasteiger partial charge is 0.265 e. The lowest BCUT2D eigenvalue weighted by atomic mass is 10.2. The summed E-state index contributed by atoms with van der Waals surface area (Å²) in [6, 6.07) is 13.2. The summed E-state index contributed by atoms with van der Waals surface area (Å²) < 4.78 is 5.67. The fraction of sp³-hybridized carbons (Fsp3) is 0.176. The molecule has 3 N–H and O–H groups in total. The minimum absolute atomic E-state index is 0.269. The molecule has 0 radical (unpaired) electrons. The topological polar surface area (TPSA) is 81.4 Å². The Morgan fingerprint density at radius 2 is 1.74 bits per heavy atom. The highest BCUT2D eigenvalue weighted by Gasteiger charge is 2.18. The van der Waals surface area contributed by atoms with Crippen molar-refractivity contribution in [3.63, 3.8) is 0 Å². The SMILES string of the molecule is CC[C@H](Oc1ccc(Cl)cc1)C(=O)Nc1ccc(C(N)=O)cc1. The molecule has 0 aromatic heterocycles. The standard InChI is InChI=1S/C17H17ClN2O3/c1-2-15(23-14-9-5-12(18)6-10-14)17(22)20-13-7-3-11(4-8-13)16(19)21/h3-10,15H,2H2,1H3,(H2,19,21)(H,20,22)/t15-/m0/s1. The van der Waals surface area contributed by atoms with Crippen LogP contribution in [-0.2, 0) is 4.79 Å². The predicted octanol–water partition coefficient (Wildman–Crippen LogP) is 3.24. The summed E-state index contributed by atoms with van der Waals surface area (Å²) >= 11 is 5.82. The largest absolute Gasteiger partial charge is 0.481 e. The van der Waals surface area contributed by atoms with E-state index in [0.717, 1.165) is 0 Å². The van der Waals surface area contributed by atoms with Crippen molar-refractivity contribution in [2.75, 3.05) is 5.32 Å². The maximum atomic E-state index is 12.3. The number of anilines is 1. The normalized spacial score (nSPS) is 11.6. The number of ether oxygens (including phenoxy) is 1. The van der Waals surface area contributed by atoms with Crippen LogP contribution in [-0.4, -0.2) is 17.9 Å². The van der Waals surface area contributed by atoms with Gasteiger partial charge in [0.25, 0.3) is 5.91 Å². The molecule has 0 aliphatic rings. The van der Waals surface area contributed by atoms with Crippen LogP contribution < -0.4 is 15.8 Å². The fourth-order valence-corrected chi connectivity index (χ4v) is 2.07. The quantitative estimate of drug-likeness (QED) is 0.852. The van der Waals surface area contributed by atoms with Crippen molar-refractivity contribution in [1.82, 2.24) is 0 Å². The van der Waals surface area contributed by atoms with Crippen molar-refractivity contribution in [2.24, 2.45) is 5.73 Å². The lowest BCUT2D eigenvalue weighted by Gasteiger charge is -2.17. The lowest BCUT2D eigenvalue weighted by Crippen LogP contribution is -2.32. The van der Waals surface area contributed by atoms with Gasteiger partial charge in [-0.1, -0.05) is 18.5 Å². The van der Waals surface area contributed by atoms with Gasteiger partial charge in [0, 0.05) is 16.3 Å². The molecule has 2 rings (SSSR count). The van der Waals surface area contributed by atoms with E-state index in [0.29, 0.717) is 28.4 Å². The summed E-state index contributed by atoms with van der Waals surface area (Å²) in [4.78, 5) is 23.3. The van der Waals surface area contributed by atoms with E-state index in [4.69, 9.17) is 22.1 Å². The average molecular weight is 333 g/mol. The van der Waals surface area contributed by atoms with E-state index in [-0.39, 0.29) is 5.91 Å². The van der Waals surface area contributed by atoms with Crippen molar-refractivity contribution in [3.8, 4) is 5.75 Å². The van der Waals surface area contributed by atoms with Crippen molar-refractivity contribution < 1.29 is 14.3 Å². The molecule has 0 heterocycles. The number of carbonyl (C=O) groups excluding carboxylic acids is 2. The van der Waals surface area contributed by atoms with Gasteiger partial charge >= 0.3 is 0 Å². The highest BCUT2D eigenvalue weighted by atomic mass is 35.5. The number of benzene rings is 2. The second-order valence-electron chi connectivity index (χ2n) is 4.90. The highest BCUT2D eigenvalue weighted by Crippen LogP contribution is 2.18. The summed E-state index contributed by atoms with van der Waals surface area (Å²) in [7, 11) is 0. The molecule has 120 valence electrons. The van der Waals surface area contributed by atoms with Crippen LogP contribution >= 0.6 is 11.6 Å². The number of halogens is 1. The summed E-state index contributed by atoms with van der Waals surface area (Å²) in [5, 5.41) is 3.35. The molecular formula is C17H17ClN2O3. The maximum absolute atomic E-state index is 12.3. The molecule has 5 nitrogen and oxygen atoms in total. The number of rotatable bonds is 6. The molecule has 0 fully saturated rings. The second kappa shape index (κ2) is 7.65. The number of amides is 2. The molecule has 0 saturated heterocycles. The van der Waals surface area contributed by atoms with Crippen LogP contribution in [0, 0.1) is 0 Å². The summed E-state index contributed by atoms with van der Waals surface area (Å²) in [5.41, 5.74) is 6.13. The van der Waals surface area contributed by atoms with E-state index >= 15 is 0 Å². The zero-order valence-electron chi connectivity index (χ0n) is 12.6. The first kappa shape index (κ1) is 16.8. The van der Waals surface area contributed by atoms with Crippen LogP contribution in [0.1, 0.15) is 23.7 Å². The third-order valence-corrected chi connectivity index (χ3v) is 3.44. The van der Waals surface area contributed by atoms with Gasteiger partial charge in [0.2, 0.25) is 5.91 Å². The van der Waals surface area contributed by atoms with Gasteiger partial charge in [-0.05, 0) is 55.0 Å². The number of primary amides is 1. The second-order valence-corrected chi connectivity index (χ2v) is 5.34. The van der Waals surface area contributed by atoms with Gasteiger partial charge in [0.1, 0.15) is 5.75 Å². The van der Waals surface area contributed by atoms with Gasteiger partial charge in [-0.3, -0.25) is 9.59 Å². The zero-order valence-corrected chi connectivity index (χ0v) is 13.3. The van der Waals surface area contributed by atoms with Gasteiger partial charge in [-0.15, -0.1) is 0 Å². The van der Waals surface area contributed by atoms with Crippen molar-refractivity contribution >= 4 is 29.1 Å². The predicted molar refractivity (Wildman–Crippen MR) is 89.7 cm³/mol. The summed E-state index contributed by atoms with van der Waals surface area (Å²) in [6.45, 7) is 1.86. The number of hydrogen-bond donors (Lipinski definition) is 2. The fourth-order valence-electron chi connectivity index (χ4n) is 1.94. The molecular weight excluding hydrogens is 316 g/mol. The Morgan fingerprint density at radius 1 is 1.13 bits per heavy atom. The van der Waals surface area contributed by atoms with Crippen molar-refractivity contribution in [2.45, 2.75) is 19.4 Å². The number of nitrogens with two attached hydrogens (primary N) is 1. The Kier molecular flexibility index (Phi) is 5.60. The van der Waals surface area contributed by atoms with E-state index < -0.39 is 12.0 Å². The summed E-state index contributed by atoms with van der Waals surface area (Å²) in [5.74, 6) is -0.213. The van der Waals surface area contributed by atoms with Crippen molar-refractivity contribution in [3.05, 3.63) is 59.1 Å². The number of carbonyl (C=O) groups is 2. The van der Waals surface area contributed by atoms with Crippen LogP contribution in [0.15, 0.2) is 48.5 Å². The van der Waals surface area contributed by atoms with Crippen LogP contribution in [0.3, 0.4) is 0 Å². The number of hydrogen-bond acceptors (Lipinski definition) is 3. The maximum Gasteiger partial charge on any atom is 0.265 e. The first-order valence-electron chi connectivity index (χ1n) is 7.12. The molecule has 23 heavy (non-hydrogen) atoms. The first-order valence-corrected chi connectivity index (χ1v) is 7.50. The highest BCUT2D eigenvalue weighted by molar-refractivity contribution is 6.30. The van der Waals surface area contributed by atoms with Gasteiger partial charge in [0.05, 0.1) is 0 Å². The van der Waals surface area contributed by atoms with Gasteiger partial charge < -0.3 is 15.8 Å². The van der Waals surface area contributed by atoms with E-state index in [2.05, 4.69) is 5.32 Å². The van der Waals surface area contributed by atoms with Gasteiger partial charge in [-0.2, -0.15) is 0 Å². The molecule has 1 atom stereocenters. The van der Waals surface area contributed by atoms with Crippen LogP contribution in [0.25, 0.3) is 0 Å². The minimum atomic E-state index is -0.632. The molecule has 0 saturated carbocycles. The zero-order chi connectivity index (χ0) is 16.8. The molecule has 0 aliphatic heterocycles.